The first-order valence-corrected chi connectivity index (χ1v) is 23.1. The molecule has 310 valence electrons. The fraction of sp³-hybridized carbons (Fsp3) is 0.111. The van der Waals surface area contributed by atoms with Crippen molar-refractivity contribution in [1.82, 2.24) is 0 Å². The second-order valence-corrected chi connectivity index (χ2v) is 18.2. The summed E-state index contributed by atoms with van der Waals surface area (Å²) in [6.45, 7) is 0. The number of hydrogen-bond acceptors (Lipinski definition) is 2. The van der Waals surface area contributed by atoms with Crippen LogP contribution >= 0.6 is 0 Å². The van der Waals surface area contributed by atoms with Gasteiger partial charge in [0.1, 0.15) is 0 Å². The Kier molecular flexibility index (Phi) is 8.96. The molecule has 3 unspecified atom stereocenters. The molecule has 0 aromatic heterocycles. The average Bonchev–Trinajstić information content (AvgIpc) is 4.02. The number of fused-ring (bicyclic) bond motifs is 12. The Bertz CT molecular complexity index is 3150. The minimum atomic E-state index is -0.476. The molecule has 13 rings (SSSR count). The number of hydrogen-bond donors (Lipinski definition) is 0. The van der Waals surface area contributed by atoms with Crippen LogP contribution in [0.2, 0.25) is 0 Å². The molecule has 3 aliphatic carbocycles. The van der Waals surface area contributed by atoms with Crippen LogP contribution < -0.4 is 4.90 Å². The van der Waals surface area contributed by atoms with Gasteiger partial charge in [-0.2, -0.15) is 0 Å². The second-order valence-electron chi connectivity index (χ2n) is 18.2. The maximum Gasteiger partial charge on any atom is 0.0990 e. The summed E-state index contributed by atoms with van der Waals surface area (Å²) in [4.78, 5) is 2.45. The van der Waals surface area contributed by atoms with Gasteiger partial charge >= 0.3 is 0 Å². The maximum atomic E-state index is 6.83. The minimum Gasteiger partial charge on any atom is -0.361 e. The smallest absolute Gasteiger partial charge is 0.0990 e. The van der Waals surface area contributed by atoms with Gasteiger partial charge in [0.25, 0.3) is 0 Å². The van der Waals surface area contributed by atoms with Gasteiger partial charge in [0, 0.05) is 23.4 Å². The summed E-state index contributed by atoms with van der Waals surface area (Å²) in [6, 6.07) is 78.5. The van der Waals surface area contributed by atoms with Crippen molar-refractivity contribution in [3.63, 3.8) is 0 Å². The monoisotopic (exact) mass is 833 g/mol. The molecule has 0 bridgehead atoms. The Morgan fingerprint density at radius 3 is 1.71 bits per heavy atom. The summed E-state index contributed by atoms with van der Waals surface area (Å²) in [6.07, 6.45) is 12.9. The van der Waals surface area contributed by atoms with E-state index in [4.69, 9.17) is 4.74 Å². The zero-order valence-electron chi connectivity index (χ0n) is 36.0. The summed E-state index contributed by atoms with van der Waals surface area (Å²) in [5.74, 6) is 0.513. The molecule has 8 aromatic rings. The lowest BCUT2D eigenvalue weighted by molar-refractivity contribution is 0.0978. The first-order chi connectivity index (χ1) is 32.2. The topological polar surface area (TPSA) is 12.5 Å². The highest BCUT2D eigenvalue weighted by Crippen LogP contribution is 2.63. The molecule has 1 spiro atoms. The van der Waals surface area contributed by atoms with E-state index in [0.717, 1.165) is 12.1 Å². The molecule has 0 radical (unpaired) electrons. The number of ether oxygens (including phenoxy) is 1. The fourth-order valence-corrected chi connectivity index (χ4v) is 12.0. The van der Waals surface area contributed by atoms with Crippen LogP contribution in [-0.2, 0) is 10.2 Å². The molecule has 8 aromatic carbocycles. The maximum absolute atomic E-state index is 6.83. The normalized spacial score (nSPS) is 19.6. The number of allylic oxidation sites excluding steroid dienone is 4. The van der Waals surface area contributed by atoms with Gasteiger partial charge in [-0.05, 0) is 109 Å². The van der Waals surface area contributed by atoms with E-state index in [1.165, 1.54) is 83.7 Å². The summed E-state index contributed by atoms with van der Waals surface area (Å²) >= 11 is 0. The quantitative estimate of drug-likeness (QED) is 0.151. The molecule has 0 amide bonds. The molecule has 0 saturated carbocycles. The molecule has 2 heteroatoms. The van der Waals surface area contributed by atoms with Crippen LogP contribution in [-0.4, -0.2) is 12.2 Å². The minimum absolute atomic E-state index is 0.0165. The Morgan fingerprint density at radius 2 is 1.05 bits per heavy atom. The van der Waals surface area contributed by atoms with E-state index in [9.17, 15) is 0 Å². The van der Waals surface area contributed by atoms with Crippen molar-refractivity contribution in [2.45, 2.75) is 35.9 Å². The molecule has 1 saturated heterocycles. The Balaban J connectivity index is 0.895. The predicted octanol–water partition coefficient (Wildman–Crippen LogP) is 14.9. The van der Waals surface area contributed by atoms with Crippen LogP contribution in [0, 0.1) is 5.92 Å². The fourth-order valence-electron chi connectivity index (χ4n) is 12.0. The van der Waals surface area contributed by atoms with Gasteiger partial charge in [0.05, 0.1) is 29.0 Å². The van der Waals surface area contributed by atoms with Gasteiger partial charge in [0.15, 0.2) is 0 Å². The summed E-state index contributed by atoms with van der Waals surface area (Å²) in [7, 11) is 0. The number of anilines is 3. The predicted molar refractivity (Wildman–Crippen MR) is 265 cm³/mol. The largest absolute Gasteiger partial charge is 0.361 e. The van der Waals surface area contributed by atoms with E-state index in [-0.39, 0.29) is 30.0 Å². The van der Waals surface area contributed by atoms with Gasteiger partial charge in [-0.1, -0.05) is 212 Å². The highest BCUT2D eigenvalue weighted by molar-refractivity contribution is 5.95. The first-order valence-electron chi connectivity index (χ1n) is 23.1. The number of nitrogens with zero attached hydrogens (tertiary/aromatic N) is 1. The van der Waals surface area contributed by atoms with Crippen LogP contribution in [0.15, 0.2) is 259 Å². The summed E-state index contributed by atoms with van der Waals surface area (Å²) in [5.41, 5.74) is 20.4. The Hall–Kier alpha value is -7.52. The van der Waals surface area contributed by atoms with Crippen molar-refractivity contribution in [3.8, 4) is 11.1 Å². The molecule has 0 N–H and O–H groups in total. The molecule has 2 heterocycles. The lowest BCUT2D eigenvalue weighted by atomic mass is 9.64. The molecule has 4 atom stereocenters. The van der Waals surface area contributed by atoms with E-state index >= 15 is 0 Å². The van der Waals surface area contributed by atoms with Crippen molar-refractivity contribution in [3.05, 3.63) is 304 Å². The zero-order valence-corrected chi connectivity index (χ0v) is 36.0. The standard InChI is InChI=1S/C63H47NO/c1-5-19-43(20-6-1)50(37-42-38-52-53-41-47(34-36-60(53)65-61(52)39-42)62(44-21-7-2-8-22-44)45-23-9-3-10-24-45)46-33-35-55-51(40-46)49-27-13-14-28-54(49)63(55)56-29-15-17-31-58(56)64(48-25-11-4-12-26-48)59-32-18-16-30-57(59)63/h1-36,38-41,50,53,60-62H,37H2/t50?,53?,60?,61-/m1/s1. The third-order valence-corrected chi connectivity index (χ3v) is 14.8. The third-order valence-electron chi connectivity index (χ3n) is 14.8. The van der Waals surface area contributed by atoms with Crippen LogP contribution in [0.25, 0.3) is 11.1 Å². The average molecular weight is 834 g/mol. The van der Waals surface area contributed by atoms with Crippen LogP contribution in [0.1, 0.15) is 62.8 Å². The molecule has 1 fully saturated rings. The van der Waals surface area contributed by atoms with E-state index in [2.05, 4.69) is 248 Å². The van der Waals surface area contributed by atoms with Crippen LogP contribution in [0.5, 0.6) is 0 Å². The molecular formula is C63H47NO. The van der Waals surface area contributed by atoms with Gasteiger partial charge in [0.2, 0.25) is 0 Å². The van der Waals surface area contributed by atoms with Crippen molar-refractivity contribution in [1.29, 1.82) is 0 Å². The Morgan fingerprint density at radius 1 is 0.492 bits per heavy atom. The number of benzene rings is 8. The molecule has 5 aliphatic rings. The van der Waals surface area contributed by atoms with Gasteiger partial charge in [-0.15, -0.1) is 0 Å². The second kappa shape index (κ2) is 15.3. The molecule has 2 nitrogen and oxygen atoms in total. The van der Waals surface area contributed by atoms with Crippen molar-refractivity contribution >= 4 is 17.1 Å². The lowest BCUT2D eigenvalue weighted by Crippen LogP contribution is -2.36. The van der Waals surface area contributed by atoms with E-state index in [1.54, 1.807) is 0 Å². The van der Waals surface area contributed by atoms with Crippen molar-refractivity contribution in [2.24, 2.45) is 5.92 Å². The van der Waals surface area contributed by atoms with Crippen LogP contribution in [0.3, 0.4) is 0 Å². The van der Waals surface area contributed by atoms with E-state index in [1.807, 2.05) is 0 Å². The highest BCUT2D eigenvalue weighted by Gasteiger charge is 2.52. The highest BCUT2D eigenvalue weighted by atomic mass is 16.5. The number of para-hydroxylation sites is 3. The number of rotatable bonds is 8. The van der Waals surface area contributed by atoms with Crippen LogP contribution in [0.4, 0.5) is 17.1 Å². The van der Waals surface area contributed by atoms with Gasteiger partial charge < -0.3 is 9.64 Å². The SMILES string of the molecule is C1=CC2O[C@@H]3C=C(CC(c4ccccc4)c4ccc5c(c4)-c4ccccc4C54c5ccccc5N(c5ccccc5)c5ccccc54)C=C3C2C=C1C(c1ccccc1)c1ccccc1. The molecule has 2 aliphatic heterocycles. The van der Waals surface area contributed by atoms with E-state index < -0.39 is 5.41 Å². The lowest BCUT2D eigenvalue weighted by Gasteiger charge is -2.45. The first kappa shape index (κ1) is 38.0. The van der Waals surface area contributed by atoms with Gasteiger partial charge in [-0.25, -0.2) is 0 Å². The molecule has 65 heavy (non-hydrogen) atoms. The zero-order chi connectivity index (χ0) is 42.9. The van der Waals surface area contributed by atoms with Crippen molar-refractivity contribution in [2.75, 3.05) is 4.90 Å². The Labute approximate surface area is 381 Å². The third kappa shape index (κ3) is 5.98. The molecular weight excluding hydrogens is 787 g/mol. The van der Waals surface area contributed by atoms with Crippen molar-refractivity contribution < 1.29 is 4.74 Å². The summed E-state index contributed by atoms with van der Waals surface area (Å²) in [5, 5.41) is 0. The van der Waals surface area contributed by atoms with Gasteiger partial charge in [-0.3, -0.25) is 0 Å². The summed E-state index contributed by atoms with van der Waals surface area (Å²) < 4.78 is 6.83. The van der Waals surface area contributed by atoms with E-state index in [0.29, 0.717) is 0 Å².